The standard InChI is InChI=1S/C22H36O2/c1-20(2,24)19-8-7-17-16-6-5-14-13-15(23)9-11-21(14,3)18(16)10-12-22(17,19)4/h5,15-19,23-24H,6-13H2,1-4H3/t15-,16-,17-,18-,19+,21-,22-/m0/s1. The Hall–Kier alpha value is -0.340. The molecule has 24 heavy (non-hydrogen) atoms. The molecule has 3 fully saturated rings. The molecule has 4 aliphatic rings. The Morgan fingerprint density at radius 2 is 1.79 bits per heavy atom. The zero-order valence-corrected chi connectivity index (χ0v) is 16.0. The van der Waals surface area contributed by atoms with Gasteiger partial charge in [-0.25, -0.2) is 0 Å². The minimum absolute atomic E-state index is 0.110. The number of rotatable bonds is 1. The van der Waals surface area contributed by atoms with Crippen LogP contribution < -0.4 is 0 Å². The molecule has 4 rings (SSSR count). The quantitative estimate of drug-likeness (QED) is 0.683. The molecule has 2 nitrogen and oxygen atoms in total. The molecule has 2 heteroatoms. The minimum atomic E-state index is -0.551. The molecule has 0 saturated heterocycles. The summed E-state index contributed by atoms with van der Waals surface area (Å²) in [6, 6.07) is 0. The normalized spacial score (nSPS) is 51.4. The van der Waals surface area contributed by atoms with Crippen LogP contribution >= 0.6 is 0 Å². The predicted molar refractivity (Wildman–Crippen MR) is 97.5 cm³/mol. The molecule has 0 heterocycles. The smallest absolute Gasteiger partial charge is 0.0625 e. The maximum atomic E-state index is 10.7. The van der Waals surface area contributed by atoms with Gasteiger partial charge in [-0.15, -0.1) is 0 Å². The van der Waals surface area contributed by atoms with Crippen molar-refractivity contribution in [1.82, 2.24) is 0 Å². The van der Waals surface area contributed by atoms with Crippen molar-refractivity contribution in [1.29, 1.82) is 0 Å². The van der Waals surface area contributed by atoms with Crippen LogP contribution in [0.15, 0.2) is 11.6 Å². The van der Waals surface area contributed by atoms with Crippen molar-refractivity contribution in [2.24, 2.45) is 34.5 Å². The Kier molecular flexibility index (Phi) is 3.80. The maximum absolute atomic E-state index is 10.7. The lowest BCUT2D eigenvalue weighted by Gasteiger charge is -2.58. The van der Waals surface area contributed by atoms with Crippen molar-refractivity contribution in [3.63, 3.8) is 0 Å². The summed E-state index contributed by atoms with van der Waals surface area (Å²) in [4.78, 5) is 0. The van der Waals surface area contributed by atoms with Crippen molar-refractivity contribution < 1.29 is 10.2 Å². The first-order valence-corrected chi connectivity index (χ1v) is 10.3. The van der Waals surface area contributed by atoms with E-state index in [4.69, 9.17) is 0 Å². The predicted octanol–water partition coefficient (Wildman–Crippen LogP) is 4.70. The zero-order chi connectivity index (χ0) is 17.3. The van der Waals surface area contributed by atoms with Gasteiger partial charge in [-0.2, -0.15) is 0 Å². The molecule has 4 aliphatic carbocycles. The summed E-state index contributed by atoms with van der Waals surface area (Å²) in [6.07, 6.45) is 11.7. The Bertz CT molecular complexity index is 545. The fourth-order valence-electron chi connectivity index (χ4n) is 7.80. The van der Waals surface area contributed by atoms with E-state index in [-0.39, 0.29) is 6.10 Å². The van der Waals surface area contributed by atoms with Crippen LogP contribution in [0.25, 0.3) is 0 Å². The summed E-state index contributed by atoms with van der Waals surface area (Å²) in [5, 5.41) is 20.9. The number of hydrogen-bond donors (Lipinski definition) is 2. The molecule has 0 aromatic heterocycles. The van der Waals surface area contributed by atoms with Crippen LogP contribution in [0.2, 0.25) is 0 Å². The van der Waals surface area contributed by atoms with Crippen LogP contribution in [0.4, 0.5) is 0 Å². The Balaban J connectivity index is 1.65. The van der Waals surface area contributed by atoms with Gasteiger partial charge < -0.3 is 10.2 Å². The van der Waals surface area contributed by atoms with Gasteiger partial charge in [0.05, 0.1) is 11.7 Å². The number of fused-ring (bicyclic) bond motifs is 5. The van der Waals surface area contributed by atoms with E-state index >= 15 is 0 Å². The molecule has 0 aliphatic heterocycles. The van der Waals surface area contributed by atoms with Crippen molar-refractivity contribution in [3.05, 3.63) is 11.6 Å². The van der Waals surface area contributed by atoms with E-state index in [9.17, 15) is 10.2 Å². The molecule has 2 N–H and O–H groups in total. The molecule has 0 unspecified atom stereocenters. The van der Waals surface area contributed by atoms with Crippen LogP contribution in [0.1, 0.15) is 79.1 Å². The van der Waals surface area contributed by atoms with Gasteiger partial charge in [-0.1, -0.05) is 25.5 Å². The lowest BCUT2D eigenvalue weighted by Crippen LogP contribution is -2.52. The summed E-state index contributed by atoms with van der Waals surface area (Å²) in [6.45, 7) is 9.03. The van der Waals surface area contributed by atoms with E-state index in [2.05, 4.69) is 19.9 Å². The van der Waals surface area contributed by atoms with Crippen LogP contribution in [-0.2, 0) is 0 Å². The fourth-order valence-corrected chi connectivity index (χ4v) is 7.80. The molecule has 0 bridgehead atoms. The summed E-state index contributed by atoms with van der Waals surface area (Å²) >= 11 is 0. The van der Waals surface area contributed by atoms with Gasteiger partial charge in [0.1, 0.15) is 0 Å². The van der Waals surface area contributed by atoms with Gasteiger partial charge in [-0.3, -0.25) is 0 Å². The monoisotopic (exact) mass is 332 g/mol. The first-order chi connectivity index (χ1) is 11.2. The number of hydrogen-bond acceptors (Lipinski definition) is 2. The maximum Gasteiger partial charge on any atom is 0.0625 e. The molecule has 0 amide bonds. The van der Waals surface area contributed by atoms with E-state index in [1.807, 2.05) is 13.8 Å². The number of allylic oxidation sites excluding steroid dienone is 1. The SMILES string of the molecule is CC(C)(O)[C@H]1CC[C@H]2[C@@H]3CC=C4C[C@@H](O)CC[C@]4(C)[C@H]3CC[C@]12C. The second kappa shape index (κ2) is 5.33. The highest BCUT2D eigenvalue weighted by Crippen LogP contribution is 2.67. The van der Waals surface area contributed by atoms with Crippen molar-refractivity contribution >= 4 is 0 Å². The Morgan fingerprint density at radius 1 is 1.04 bits per heavy atom. The van der Waals surface area contributed by atoms with Gasteiger partial charge in [0.15, 0.2) is 0 Å². The lowest BCUT2D eigenvalue weighted by molar-refractivity contribution is -0.0948. The largest absolute Gasteiger partial charge is 0.393 e. The summed E-state index contributed by atoms with van der Waals surface area (Å²) in [7, 11) is 0. The first-order valence-electron chi connectivity index (χ1n) is 10.3. The second-order valence-electron chi connectivity index (χ2n) is 10.5. The van der Waals surface area contributed by atoms with Crippen LogP contribution in [0.5, 0.6) is 0 Å². The second-order valence-corrected chi connectivity index (χ2v) is 10.5. The van der Waals surface area contributed by atoms with Gasteiger partial charge in [0.2, 0.25) is 0 Å². The Labute approximate surface area is 147 Å². The molecular weight excluding hydrogens is 296 g/mol. The molecule has 7 atom stereocenters. The molecule has 0 aromatic carbocycles. The van der Waals surface area contributed by atoms with E-state index in [0.717, 1.165) is 30.6 Å². The number of aliphatic hydroxyl groups is 2. The first kappa shape index (κ1) is 17.1. The molecule has 0 aromatic rings. The third-order valence-electron chi connectivity index (χ3n) is 8.93. The molecule has 3 saturated carbocycles. The highest BCUT2D eigenvalue weighted by Gasteiger charge is 2.60. The highest BCUT2D eigenvalue weighted by molar-refractivity contribution is 5.25. The third kappa shape index (κ3) is 2.28. The summed E-state index contributed by atoms with van der Waals surface area (Å²) in [5.41, 5.74) is 1.65. The Morgan fingerprint density at radius 3 is 2.50 bits per heavy atom. The van der Waals surface area contributed by atoms with Crippen molar-refractivity contribution in [2.45, 2.75) is 90.8 Å². The molecule has 0 spiro atoms. The zero-order valence-electron chi connectivity index (χ0n) is 16.0. The van der Waals surface area contributed by atoms with Gasteiger partial charge in [0, 0.05) is 0 Å². The van der Waals surface area contributed by atoms with E-state index in [1.165, 1.54) is 38.5 Å². The molecular formula is C22H36O2. The van der Waals surface area contributed by atoms with Crippen LogP contribution in [0, 0.1) is 34.5 Å². The average molecular weight is 333 g/mol. The van der Waals surface area contributed by atoms with E-state index in [1.54, 1.807) is 5.57 Å². The minimum Gasteiger partial charge on any atom is -0.393 e. The topological polar surface area (TPSA) is 40.5 Å². The van der Waals surface area contributed by atoms with Gasteiger partial charge >= 0.3 is 0 Å². The van der Waals surface area contributed by atoms with Crippen LogP contribution in [0.3, 0.4) is 0 Å². The van der Waals surface area contributed by atoms with Crippen molar-refractivity contribution in [3.8, 4) is 0 Å². The summed E-state index contributed by atoms with van der Waals surface area (Å²) < 4.78 is 0. The lowest BCUT2D eigenvalue weighted by atomic mass is 9.47. The molecule has 136 valence electrons. The van der Waals surface area contributed by atoms with Crippen molar-refractivity contribution in [2.75, 3.05) is 0 Å². The van der Waals surface area contributed by atoms with Gasteiger partial charge in [-0.05, 0) is 99.7 Å². The highest BCUT2D eigenvalue weighted by atomic mass is 16.3. The third-order valence-corrected chi connectivity index (χ3v) is 8.93. The fraction of sp³-hybridized carbons (Fsp3) is 0.909. The number of aliphatic hydroxyl groups excluding tert-OH is 1. The molecule has 0 radical (unpaired) electrons. The van der Waals surface area contributed by atoms with E-state index in [0.29, 0.717) is 16.7 Å². The average Bonchev–Trinajstić information content (AvgIpc) is 2.85. The van der Waals surface area contributed by atoms with E-state index < -0.39 is 5.60 Å². The van der Waals surface area contributed by atoms with Crippen LogP contribution in [-0.4, -0.2) is 21.9 Å². The summed E-state index contributed by atoms with van der Waals surface area (Å²) in [5.74, 6) is 2.81. The van der Waals surface area contributed by atoms with Gasteiger partial charge in [0.25, 0.3) is 0 Å².